The van der Waals surface area contributed by atoms with Gasteiger partial charge in [0, 0.05) is 41.1 Å². The summed E-state index contributed by atoms with van der Waals surface area (Å²) in [4.78, 5) is 4.99. The van der Waals surface area contributed by atoms with Crippen LogP contribution in [0.25, 0.3) is 21.9 Å². The van der Waals surface area contributed by atoms with Crippen molar-refractivity contribution in [3.8, 4) is 0 Å². The van der Waals surface area contributed by atoms with E-state index >= 15 is 0 Å². The normalized spacial score (nSPS) is 31.2. The summed E-state index contributed by atoms with van der Waals surface area (Å²) in [6.07, 6.45) is 8.74. The zero-order chi connectivity index (χ0) is 16.3. The predicted molar refractivity (Wildman–Crippen MR) is 99.4 cm³/mol. The molecule has 1 fully saturated rings. The van der Waals surface area contributed by atoms with Crippen LogP contribution in [-0.2, 0) is 0 Å². The molecule has 3 unspecified atom stereocenters. The number of rotatable bonds is 0. The fraction of sp³-hybridized carbons (Fsp3) is 0.273. The van der Waals surface area contributed by atoms with Gasteiger partial charge >= 0.3 is 0 Å². The van der Waals surface area contributed by atoms with Crippen LogP contribution in [0.1, 0.15) is 24.8 Å². The van der Waals surface area contributed by atoms with Crippen molar-refractivity contribution >= 4 is 27.6 Å². The summed E-state index contributed by atoms with van der Waals surface area (Å²) in [7, 11) is 0. The maximum absolute atomic E-state index is 6.38. The fourth-order valence-corrected chi connectivity index (χ4v) is 6.08. The monoisotopic (exact) mass is 326 g/mol. The Morgan fingerprint density at radius 3 is 2.92 bits per heavy atom. The molecule has 0 radical (unpaired) electrons. The number of anilines is 1. The largest absolute Gasteiger partial charge is 0.454 e. The molecule has 0 saturated carbocycles. The third-order valence-electron chi connectivity index (χ3n) is 6.89. The summed E-state index contributed by atoms with van der Waals surface area (Å²) in [6, 6.07) is 13.0. The Labute approximate surface area is 145 Å². The first-order chi connectivity index (χ1) is 12.3. The third kappa shape index (κ3) is 1.20. The maximum atomic E-state index is 6.38. The molecule has 7 rings (SSSR count). The number of fused-ring (bicyclic) bond motifs is 7. The van der Waals surface area contributed by atoms with E-state index in [0.29, 0.717) is 12.1 Å². The van der Waals surface area contributed by atoms with Crippen molar-refractivity contribution in [2.45, 2.75) is 25.4 Å². The lowest BCUT2D eigenvalue weighted by molar-refractivity contribution is 0.194. The molecule has 1 saturated heterocycles. The molecule has 2 aromatic carbocycles. The van der Waals surface area contributed by atoms with E-state index in [4.69, 9.17) is 4.42 Å². The second-order valence-corrected chi connectivity index (χ2v) is 7.98. The van der Waals surface area contributed by atoms with E-state index in [1.807, 2.05) is 0 Å². The van der Waals surface area contributed by atoms with Crippen LogP contribution in [0.3, 0.4) is 0 Å². The lowest BCUT2D eigenvalue weighted by Crippen LogP contribution is -2.55. The molecule has 1 aliphatic carbocycles. The highest BCUT2D eigenvalue weighted by molar-refractivity contribution is 6.10. The molecule has 0 amide bonds. The third-order valence-corrected chi connectivity index (χ3v) is 6.89. The summed E-state index contributed by atoms with van der Waals surface area (Å²) in [5.74, 6) is 0.534. The summed E-state index contributed by atoms with van der Waals surface area (Å²) >= 11 is 0. The Morgan fingerprint density at radius 2 is 2.00 bits per heavy atom. The highest BCUT2D eigenvalue weighted by atomic mass is 16.3. The first-order valence-electron chi connectivity index (χ1n) is 9.14. The van der Waals surface area contributed by atoms with Crippen LogP contribution >= 0.6 is 0 Å². The number of para-hydroxylation sites is 1. The van der Waals surface area contributed by atoms with Crippen LogP contribution < -0.4 is 4.90 Å². The molecule has 122 valence electrons. The molecule has 3 aromatic rings. The van der Waals surface area contributed by atoms with Crippen LogP contribution in [-0.4, -0.2) is 17.6 Å². The number of nitrogens with zero attached hydrogens (tertiary/aromatic N) is 2. The van der Waals surface area contributed by atoms with E-state index < -0.39 is 0 Å². The topological polar surface area (TPSA) is 19.6 Å². The molecular formula is C22H18N2O. The van der Waals surface area contributed by atoms with Gasteiger partial charge < -0.3 is 14.2 Å². The molecule has 3 atom stereocenters. The number of furan rings is 1. The molecule has 4 aliphatic rings. The number of benzene rings is 2. The van der Waals surface area contributed by atoms with Crippen molar-refractivity contribution in [1.29, 1.82) is 0 Å². The maximum Gasteiger partial charge on any atom is 0.159 e. The second kappa shape index (κ2) is 3.77. The minimum Gasteiger partial charge on any atom is -0.454 e. The Bertz CT molecular complexity index is 1150. The van der Waals surface area contributed by atoms with E-state index in [2.05, 4.69) is 71.6 Å². The van der Waals surface area contributed by atoms with Gasteiger partial charge in [0.05, 0.1) is 5.69 Å². The quantitative estimate of drug-likeness (QED) is 0.545. The SMILES string of the molecule is CC1=CC23CCN4C=CN(c5c(ccc6c5oc5ccccc56)C12)C43. The van der Waals surface area contributed by atoms with Crippen molar-refractivity contribution in [2.24, 2.45) is 5.41 Å². The van der Waals surface area contributed by atoms with Gasteiger partial charge in [0.2, 0.25) is 0 Å². The van der Waals surface area contributed by atoms with E-state index in [1.165, 1.54) is 34.0 Å². The van der Waals surface area contributed by atoms with Crippen molar-refractivity contribution in [3.05, 3.63) is 66.0 Å². The van der Waals surface area contributed by atoms with Crippen LogP contribution in [0.2, 0.25) is 0 Å². The Balaban J connectivity index is 1.62. The highest BCUT2D eigenvalue weighted by Crippen LogP contribution is 2.66. The van der Waals surface area contributed by atoms with Crippen LogP contribution in [0.15, 0.2) is 64.9 Å². The minimum atomic E-state index is 0.278. The molecule has 4 heterocycles. The van der Waals surface area contributed by atoms with E-state index in [0.717, 1.165) is 17.7 Å². The van der Waals surface area contributed by atoms with Crippen molar-refractivity contribution < 1.29 is 4.42 Å². The average Bonchev–Trinajstić information content (AvgIpc) is 3.29. The van der Waals surface area contributed by atoms with Crippen molar-refractivity contribution in [1.82, 2.24) is 4.90 Å². The Kier molecular flexibility index (Phi) is 1.91. The lowest BCUT2D eigenvalue weighted by atomic mass is 9.55. The van der Waals surface area contributed by atoms with Gasteiger partial charge in [0.25, 0.3) is 0 Å². The molecule has 3 heteroatoms. The highest BCUT2D eigenvalue weighted by Gasteiger charge is 2.62. The zero-order valence-electron chi connectivity index (χ0n) is 14.1. The minimum absolute atomic E-state index is 0.278. The van der Waals surface area contributed by atoms with Crippen LogP contribution in [0, 0.1) is 5.41 Å². The van der Waals surface area contributed by atoms with E-state index in [-0.39, 0.29) is 5.41 Å². The Hall–Kier alpha value is -2.68. The van der Waals surface area contributed by atoms with Crippen LogP contribution in [0.5, 0.6) is 0 Å². The summed E-state index contributed by atoms with van der Waals surface area (Å²) in [5.41, 5.74) is 6.55. The lowest BCUT2D eigenvalue weighted by Gasteiger charge is -2.55. The molecule has 3 aliphatic heterocycles. The second-order valence-electron chi connectivity index (χ2n) is 7.98. The fourth-order valence-electron chi connectivity index (χ4n) is 6.08. The molecule has 3 nitrogen and oxygen atoms in total. The van der Waals surface area contributed by atoms with Gasteiger partial charge in [-0.3, -0.25) is 0 Å². The van der Waals surface area contributed by atoms with E-state index in [1.54, 1.807) is 0 Å². The van der Waals surface area contributed by atoms with Gasteiger partial charge in [-0.2, -0.15) is 0 Å². The van der Waals surface area contributed by atoms with Crippen molar-refractivity contribution in [3.63, 3.8) is 0 Å². The Morgan fingerprint density at radius 1 is 1.08 bits per heavy atom. The first kappa shape index (κ1) is 12.6. The van der Waals surface area contributed by atoms with Crippen LogP contribution in [0.4, 0.5) is 5.69 Å². The molecule has 25 heavy (non-hydrogen) atoms. The van der Waals surface area contributed by atoms with Gasteiger partial charge in [-0.25, -0.2) is 0 Å². The number of hydrogen-bond acceptors (Lipinski definition) is 3. The van der Waals surface area contributed by atoms with E-state index in [9.17, 15) is 0 Å². The number of allylic oxidation sites excluding steroid dienone is 1. The first-order valence-corrected chi connectivity index (χ1v) is 9.14. The van der Waals surface area contributed by atoms with Gasteiger partial charge in [-0.15, -0.1) is 0 Å². The standard InChI is InChI=1S/C22H18N2O/c1-13-12-22-8-9-23-10-11-24(21(22)23)19-16(18(13)22)7-6-15-14-4-2-3-5-17(14)25-20(15)19/h2-7,10-12,18,21H,8-9H2,1H3. The van der Waals surface area contributed by atoms with Crippen molar-refractivity contribution in [2.75, 3.05) is 11.4 Å². The summed E-state index contributed by atoms with van der Waals surface area (Å²) in [5, 5.41) is 2.44. The molecule has 1 spiro atoms. The smallest absolute Gasteiger partial charge is 0.159 e. The number of hydrogen-bond donors (Lipinski definition) is 0. The van der Waals surface area contributed by atoms with Gasteiger partial charge in [-0.1, -0.05) is 42.0 Å². The summed E-state index contributed by atoms with van der Waals surface area (Å²) < 4.78 is 6.38. The van der Waals surface area contributed by atoms with Gasteiger partial charge in [-0.05, 0) is 25.0 Å². The molecule has 0 bridgehead atoms. The summed E-state index contributed by atoms with van der Waals surface area (Å²) in [6.45, 7) is 3.44. The molecule has 0 N–H and O–H groups in total. The molecule has 1 aromatic heterocycles. The van der Waals surface area contributed by atoms with Gasteiger partial charge in [0.1, 0.15) is 11.7 Å². The molecular weight excluding hydrogens is 308 g/mol. The zero-order valence-corrected chi connectivity index (χ0v) is 14.1. The predicted octanol–water partition coefficient (Wildman–Crippen LogP) is 4.95. The van der Waals surface area contributed by atoms with Gasteiger partial charge in [0.15, 0.2) is 5.58 Å². The average molecular weight is 326 g/mol.